The molecule has 0 aromatic heterocycles. The van der Waals surface area contributed by atoms with Gasteiger partial charge >= 0.3 is 6.03 Å². The van der Waals surface area contributed by atoms with E-state index in [4.69, 9.17) is 5.73 Å². The first-order valence-electron chi connectivity index (χ1n) is 11.8. The fourth-order valence-corrected chi connectivity index (χ4v) is 4.60. The van der Waals surface area contributed by atoms with Crippen molar-refractivity contribution < 1.29 is 24.0 Å². The molecule has 0 aromatic carbocycles. The minimum atomic E-state index is -1.13. The van der Waals surface area contributed by atoms with Gasteiger partial charge in [-0.25, -0.2) is 4.79 Å². The normalized spacial score (nSPS) is 22.1. The highest BCUT2D eigenvalue weighted by Crippen LogP contribution is 2.28. The third-order valence-corrected chi connectivity index (χ3v) is 6.59. The van der Waals surface area contributed by atoms with Crippen LogP contribution in [0.15, 0.2) is 0 Å². The zero-order valence-corrected chi connectivity index (χ0v) is 20.5. The number of likely N-dealkylation sites (tertiary alicyclic amines) is 1. The van der Waals surface area contributed by atoms with Crippen molar-refractivity contribution in [2.24, 2.45) is 11.1 Å². The SMILES string of the molecule is CC(NC(=O)C1CCCN1C(=O)C(NC(=O)NC1(C)CCCCC1)C(C)(C)C)C(=O)C(N)=O. The van der Waals surface area contributed by atoms with Crippen LogP contribution in [0.3, 0.4) is 0 Å². The summed E-state index contributed by atoms with van der Waals surface area (Å²) in [5, 5.41) is 8.38. The van der Waals surface area contributed by atoms with Crippen LogP contribution in [0.2, 0.25) is 0 Å². The fraction of sp³-hybridized carbons (Fsp3) is 0.783. The van der Waals surface area contributed by atoms with E-state index < -0.39 is 47.2 Å². The van der Waals surface area contributed by atoms with E-state index in [2.05, 4.69) is 16.0 Å². The fourth-order valence-electron chi connectivity index (χ4n) is 4.60. The molecule has 3 atom stereocenters. The molecule has 1 aliphatic heterocycles. The molecule has 3 unspecified atom stereocenters. The predicted molar refractivity (Wildman–Crippen MR) is 123 cm³/mol. The lowest BCUT2D eigenvalue weighted by Crippen LogP contribution is -2.61. The molecule has 1 saturated carbocycles. The number of rotatable bonds is 7. The Morgan fingerprint density at radius 2 is 1.61 bits per heavy atom. The van der Waals surface area contributed by atoms with Crippen LogP contribution in [0.4, 0.5) is 4.79 Å². The van der Waals surface area contributed by atoms with Gasteiger partial charge in [-0.15, -0.1) is 0 Å². The van der Waals surface area contributed by atoms with Gasteiger partial charge in [0.2, 0.25) is 17.6 Å². The van der Waals surface area contributed by atoms with Crippen LogP contribution >= 0.6 is 0 Å². The third kappa shape index (κ3) is 6.91. The Balaban J connectivity index is 2.10. The molecule has 10 heteroatoms. The van der Waals surface area contributed by atoms with Crippen molar-refractivity contribution in [3.05, 3.63) is 0 Å². The van der Waals surface area contributed by atoms with Crippen LogP contribution in [0, 0.1) is 5.41 Å². The maximum Gasteiger partial charge on any atom is 0.315 e. The van der Waals surface area contributed by atoms with E-state index >= 15 is 0 Å². The van der Waals surface area contributed by atoms with Crippen LogP contribution in [-0.4, -0.2) is 64.6 Å². The highest BCUT2D eigenvalue weighted by molar-refractivity contribution is 6.37. The monoisotopic (exact) mass is 465 g/mol. The molecular weight excluding hydrogens is 426 g/mol. The summed E-state index contributed by atoms with van der Waals surface area (Å²) in [7, 11) is 0. The maximum atomic E-state index is 13.5. The lowest BCUT2D eigenvalue weighted by molar-refractivity contribution is -0.143. The summed E-state index contributed by atoms with van der Waals surface area (Å²) in [6.45, 7) is 9.34. The molecule has 2 rings (SSSR count). The molecule has 2 fully saturated rings. The second-order valence-electron chi connectivity index (χ2n) is 10.7. The van der Waals surface area contributed by atoms with Gasteiger partial charge in [0.1, 0.15) is 12.1 Å². The molecule has 0 bridgehead atoms. The Bertz CT molecular complexity index is 785. The molecule has 186 valence electrons. The highest BCUT2D eigenvalue weighted by Gasteiger charge is 2.43. The highest BCUT2D eigenvalue weighted by atomic mass is 16.2. The number of nitrogens with one attached hydrogen (secondary N) is 3. The Hall–Kier alpha value is -2.65. The van der Waals surface area contributed by atoms with Crippen molar-refractivity contribution in [3.63, 3.8) is 0 Å². The number of Topliss-reactive ketones (excluding diaryl/α,β-unsaturated/α-hetero) is 1. The van der Waals surface area contributed by atoms with Crippen LogP contribution in [-0.2, 0) is 19.2 Å². The van der Waals surface area contributed by atoms with Gasteiger partial charge in [0, 0.05) is 12.1 Å². The van der Waals surface area contributed by atoms with Crippen molar-refractivity contribution in [1.29, 1.82) is 0 Å². The first-order chi connectivity index (χ1) is 15.2. The zero-order valence-electron chi connectivity index (χ0n) is 20.5. The standard InChI is InChI=1S/C23H39N5O5/c1-14(16(29)18(24)30)25-19(31)15-10-9-13-28(15)20(32)17(22(2,3)4)26-21(33)27-23(5)11-7-6-8-12-23/h14-15,17H,6-13H2,1-5H3,(H2,24,30)(H,25,31)(H2,26,27,33). The van der Waals surface area contributed by atoms with E-state index in [0.717, 1.165) is 32.1 Å². The second kappa shape index (κ2) is 10.5. The summed E-state index contributed by atoms with van der Waals surface area (Å²) < 4.78 is 0. The number of ketones is 1. The Labute approximate surface area is 195 Å². The van der Waals surface area contributed by atoms with Gasteiger partial charge in [0.15, 0.2) is 0 Å². The van der Waals surface area contributed by atoms with Gasteiger partial charge < -0.3 is 26.6 Å². The average Bonchev–Trinajstić information content (AvgIpc) is 3.20. The van der Waals surface area contributed by atoms with Gasteiger partial charge in [-0.05, 0) is 44.9 Å². The van der Waals surface area contributed by atoms with Gasteiger partial charge in [0.05, 0.1) is 6.04 Å². The smallest absolute Gasteiger partial charge is 0.315 e. The summed E-state index contributed by atoms with van der Waals surface area (Å²) in [4.78, 5) is 63.4. The molecule has 0 aromatic rings. The quantitative estimate of drug-likeness (QED) is 0.413. The molecule has 33 heavy (non-hydrogen) atoms. The van der Waals surface area contributed by atoms with Crippen molar-refractivity contribution in [2.45, 2.75) is 103 Å². The van der Waals surface area contributed by atoms with Gasteiger partial charge in [0.25, 0.3) is 5.91 Å². The number of carbonyl (C=O) groups excluding carboxylic acids is 5. The number of urea groups is 1. The lowest BCUT2D eigenvalue weighted by atomic mass is 9.83. The van der Waals surface area contributed by atoms with Crippen LogP contribution in [0.25, 0.3) is 0 Å². The van der Waals surface area contributed by atoms with E-state index in [9.17, 15) is 24.0 Å². The maximum absolute atomic E-state index is 13.5. The van der Waals surface area contributed by atoms with E-state index in [1.165, 1.54) is 11.8 Å². The Morgan fingerprint density at radius 1 is 1.00 bits per heavy atom. The van der Waals surface area contributed by atoms with Crippen molar-refractivity contribution >= 4 is 29.5 Å². The minimum Gasteiger partial charge on any atom is -0.363 e. The molecule has 1 aliphatic carbocycles. The molecule has 1 heterocycles. The van der Waals surface area contributed by atoms with Crippen molar-refractivity contribution in [3.8, 4) is 0 Å². The van der Waals surface area contributed by atoms with E-state index in [0.29, 0.717) is 19.4 Å². The van der Waals surface area contributed by atoms with E-state index in [-0.39, 0.29) is 11.4 Å². The summed E-state index contributed by atoms with van der Waals surface area (Å²) in [5.41, 5.74) is 4.11. The molecular formula is C23H39N5O5. The average molecular weight is 466 g/mol. The molecule has 1 saturated heterocycles. The topological polar surface area (TPSA) is 151 Å². The number of carbonyl (C=O) groups is 5. The molecule has 2 aliphatic rings. The number of hydrogen-bond donors (Lipinski definition) is 4. The van der Waals surface area contributed by atoms with Crippen LogP contribution in [0.1, 0.15) is 79.6 Å². The van der Waals surface area contributed by atoms with Gasteiger partial charge in [-0.3, -0.25) is 19.2 Å². The van der Waals surface area contributed by atoms with E-state index in [1.54, 1.807) is 0 Å². The van der Waals surface area contributed by atoms with Gasteiger partial charge in [-0.1, -0.05) is 40.0 Å². The van der Waals surface area contributed by atoms with Crippen molar-refractivity contribution in [1.82, 2.24) is 20.9 Å². The number of amides is 5. The third-order valence-electron chi connectivity index (χ3n) is 6.59. The summed E-state index contributed by atoms with van der Waals surface area (Å²) in [6.07, 6.45) is 6.10. The molecule has 0 spiro atoms. The number of primary amides is 1. The largest absolute Gasteiger partial charge is 0.363 e. The molecule has 5 N–H and O–H groups in total. The minimum absolute atomic E-state index is 0.299. The Kier molecular flexibility index (Phi) is 8.48. The summed E-state index contributed by atoms with van der Waals surface area (Å²) >= 11 is 0. The first-order valence-corrected chi connectivity index (χ1v) is 11.8. The lowest BCUT2D eigenvalue weighted by Gasteiger charge is -2.38. The number of nitrogens with zero attached hydrogens (tertiary/aromatic N) is 1. The van der Waals surface area contributed by atoms with Crippen molar-refractivity contribution in [2.75, 3.05) is 6.54 Å². The first kappa shape index (κ1) is 26.6. The summed E-state index contributed by atoms with van der Waals surface area (Å²) in [6, 6.07) is -3.10. The summed E-state index contributed by atoms with van der Waals surface area (Å²) in [5.74, 6) is -2.90. The van der Waals surface area contributed by atoms with Gasteiger partial charge in [-0.2, -0.15) is 0 Å². The van der Waals surface area contributed by atoms with Crippen LogP contribution < -0.4 is 21.7 Å². The predicted octanol–water partition coefficient (Wildman–Crippen LogP) is 0.973. The molecule has 10 nitrogen and oxygen atoms in total. The number of nitrogens with two attached hydrogens (primary N) is 1. The number of hydrogen-bond acceptors (Lipinski definition) is 5. The molecule has 0 radical (unpaired) electrons. The van der Waals surface area contributed by atoms with Crippen LogP contribution in [0.5, 0.6) is 0 Å². The molecule has 5 amide bonds. The zero-order chi connectivity index (χ0) is 25.0. The van der Waals surface area contributed by atoms with E-state index in [1.807, 2.05) is 27.7 Å². The Morgan fingerprint density at radius 3 is 2.15 bits per heavy atom. The second-order valence-corrected chi connectivity index (χ2v) is 10.7.